The van der Waals surface area contributed by atoms with E-state index >= 15 is 0 Å². The van der Waals surface area contributed by atoms with E-state index in [4.69, 9.17) is 4.74 Å². The summed E-state index contributed by atoms with van der Waals surface area (Å²) in [6.45, 7) is 6.57. The molecule has 5 heteroatoms. The number of nitrogens with zero attached hydrogens (tertiary/aromatic N) is 2. The molecule has 1 N–H and O–H groups in total. The molecule has 0 amide bonds. The maximum Gasteiger partial charge on any atom is 0.315 e. The van der Waals surface area contributed by atoms with Crippen molar-refractivity contribution in [1.29, 1.82) is 0 Å². The summed E-state index contributed by atoms with van der Waals surface area (Å²) < 4.78 is 5.84. The highest BCUT2D eigenvalue weighted by molar-refractivity contribution is 5.90. The monoisotopic (exact) mass is 399 g/mol. The molecule has 0 bridgehead atoms. The molecule has 1 aromatic heterocycles. The Morgan fingerprint density at radius 1 is 1.13 bits per heavy atom. The van der Waals surface area contributed by atoms with E-state index in [0.29, 0.717) is 0 Å². The Kier molecular flexibility index (Phi) is 4.44. The predicted molar refractivity (Wildman–Crippen MR) is 116 cm³/mol. The zero-order valence-corrected chi connectivity index (χ0v) is 17.5. The summed E-state index contributed by atoms with van der Waals surface area (Å²) in [6.07, 6.45) is 6.12. The van der Waals surface area contributed by atoms with Crippen LogP contribution in [0.1, 0.15) is 49.4 Å². The first kappa shape index (κ1) is 18.9. The van der Waals surface area contributed by atoms with E-state index < -0.39 is 5.60 Å². The first-order valence-electron chi connectivity index (χ1n) is 10.4. The number of hydrogen-bond donors (Lipinski definition) is 1. The second kappa shape index (κ2) is 7.03. The second-order valence-electron chi connectivity index (χ2n) is 8.97. The maximum absolute atomic E-state index is 13.3. The molecule has 2 heterocycles. The van der Waals surface area contributed by atoms with Gasteiger partial charge in [-0.1, -0.05) is 24.3 Å². The summed E-state index contributed by atoms with van der Waals surface area (Å²) in [5.41, 5.74) is 7.14. The first-order chi connectivity index (χ1) is 14.4. The first-order valence-corrected chi connectivity index (χ1v) is 10.4. The lowest BCUT2D eigenvalue weighted by molar-refractivity contribution is -0.157. The minimum atomic E-state index is -0.528. The van der Waals surface area contributed by atoms with Crippen LogP contribution < -0.4 is 5.32 Å². The summed E-state index contributed by atoms with van der Waals surface area (Å²) >= 11 is 0. The molecule has 152 valence electrons. The van der Waals surface area contributed by atoms with Gasteiger partial charge in [-0.05, 0) is 73.7 Å². The number of esters is 1. The molecule has 2 aromatic carbocycles. The van der Waals surface area contributed by atoms with Crippen molar-refractivity contribution in [1.82, 2.24) is 15.3 Å². The lowest BCUT2D eigenvalue weighted by atomic mass is 9.71. The molecule has 5 nitrogen and oxygen atoms in total. The van der Waals surface area contributed by atoms with Crippen LogP contribution in [-0.4, -0.2) is 28.1 Å². The van der Waals surface area contributed by atoms with E-state index in [1.807, 2.05) is 32.9 Å². The van der Waals surface area contributed by atoms with Crippen LogP contribution in [0.15, 0.2) is 55.0 Å². The van der Waals surface area contributed by atoms with E-state index in [9.17, 15) is 4.79 Å². The standard InChI is InChI=1S/C25H25N3O2/c1-25(2,3)30-24(29)22-18-7-5-4-6-17(18)19-13-16(20-14-26-10-11-27-20)12-15-8-9-28-23(22)21(15)19/h4-7,10-14,22-23,28H,8-9H2,1-3H3. The Balaban J connectivity index is 1.70. The van der Waals surface area contributed by atoms with Crippen molar-refractivity contribution < 1.29 is 9.53 Å². The lowest BCUT2D eigenvalue weighted by Gasteiger charge is -2.40. The number of aromatic nitrogens is 2. The Morgan fingerprint density at radius 2 is 1.97 bits per heavy atom. The normalized spacial score (nSPS) is 19.6. The summed E-state index contributed by atoms with van der Waals surface area (Å²) in [4.78, 5) is 22.0. The van der Waals surface area contributed by atoms with Gasteiger partial charge in [-0.3, -0.25) is 14.8 Å². The lowest BCUT2D eigenvalue weighted by Crippen LogP contribution is -2.41. The number of carbonyl (C=O) groups is 1. The molecule has 0 radical (unpaired) electrons. The fourth-order valence-electron chi connectivity index (χ4n) is 4.68. The fourth-order valence-corrected chi connectivity index (χ4v) is 4.68. The third-order valence-electron chi connectivity index (χ3n) is 5.77. The minimum Gasteiger partial charge on any atom is -0.459 e. The van der Waals surface area contributed by atoms with Gasteiger partial charge < -0.3 is 10.1 Å². The molecule has 2 unspecified atom stereocenters. The highest BCUT2D eigenvalue weighted by atomic mass is 16.6. The molecule has 1 aliphatic carbocycles. The molecular formula is C25H25N3O2. The van der Waals surface area contributed by atoms with E-state index in [-0.39, 0.29) is 17.9 Å². The summed E-state index contributed by atoms with van der Waals surface area (Å²) in [5.74, 6) is -0.543. The third kappa shape index (κ3) is 3.19. The Bertz CT molecular complexity index is 1120. The number of hydrogen-bond acceptors (Lipinski definition) is 5. The van der Waals surface area contributed by atoms with Crippen LogP contribution in [-0.2, 0) is 16.0 Å². The molecule has 0 spiro atoms. The largest absolute Gasteiger partial charge is 0.459 e. The van der Waals surface area contributed by atoms with Crippen LogP contribution in [0.25, 0.3) is 22.4 Å². The minimum absolute atomic E-state index is 0.0931. The smallest absolute Gasteiger partial charge is 0.315 e. The van der Waals surface area contributed by atoms with Crippen molar-refractivity contribution >= 4 is 5.97 Å². The average molecular weight is 399 g/mol. The SMILES string of the molecule is CC(C)(C)OC(=O)C1c2ccccc2-c2cc(-c3cnccn3)cc3c2C1NCC3. The van der Waals surface area contributed by atoms with Gasteiger partial charge >= 0.3 is 5.97 Å². The molecule has 2 aliphatic rings. The average Bonchev–Trinajstić information content (AvgIpc) is 2.73. The number of carbonyl (C=O) groups excluding carboxylic acids is 1. The Hall–Kier alpha value is -3.05. The number of benzene rings is 2. The van der Waals surface area contributed by atoms with E-state index in [2.05, 4.69) is 39.6 Å². The number of ether oxygens (including phenoxy) is 1. The summed E-state index contributed by atoms with van der Waals surface area (Å²) in [7, 11) is 0. The van der Waals surface area contributed by atoms with E-state index in [1.54, 1.807) is 18.6 Å². The van der Waals surface area contributed by atoms with E-state index in [1.165, 1.54) is 16.7 Å². The molecule has 3 aromatic rings. The van der Waals surface area contributed by atoms with Crippen molar-refractivity contribution in [2.45, 2.75) is 44.8 Å². The molecule has 30 heavy (non-hydrogen) atoms. The summed E-state index contributed by atoms with van der Waals surface area (Å²) in [6, 6.07) is 12.5. The van der Waals surface area contributed by atoms with E-state index in [0.717, 1.165) is 35.3 Å². The van der Waals surface area contributed by atoms with Gasteiger partial charge in [-0.25, -0.2) is 0 Å². The zero-order chi connectivity index (χ0) is 20.9. The summed E-state index contributed by atoms with van der Waals surface area (Å²) in [5, 5.41) is 3.61. The molecule has 0 fully saturated rings. The molecule has 5 rings (SSSR count). The Labute approximate surface area is 176 Å². The maximum atomic E-state index is 13.3. The predicted octanol–water partition coefficient (Wildman–Crippen LogP) is 4.44. The third-order valence-corrected chi connectivity index (χ3v) is 5.77. The number of fused-ring (bicyclic) bond motifs is 2. The topological polar surface area (TPSA) is 64.1 Å². The van der Waals surface area contributed by atoms with Gasteiger partial charge in [0, 0.05) is 18.0 Å². The molecule has 0 saturated heterocycles. The van der Waals surface area contributed by atoms with Gasteiger partial charge in [0.1, 0.15) is 11.5 Å². The van der Waals surface area contributed by atoms with Gasteiger partial charge in [0.25, 0.3) is 0 Å². The molecule has 0 saturated carbocycles. The van der Waals surface area contributed by atoms with Gasteiger partial charge in [0.15, 0.2) is 0 Å². The van der Waals surface area contributed by atoms with Crippen molar-refractivity contribution in [2.75, 3.05) is 6.54 Å². The van der Waals surface area contributed by atoms with Crippen LogP contribution >= 0.6 is 0 Å². The van der Waals surface area contributed by atoms with Crippen molar-refractivity contribution in [3.8, 4) is 22.4 Å². The van der Waals surface area contributed by atoms with Crippen LogP contribution in [0.3, 0.4) is 0 Å². The van der Waals surface area contributed by atoms with Crippen molar-refractivity contribution in [2.24, 2.45) is 0 Å². The number of nitrogens with one attached hydrogen (secondary N) is 1. The van der Waals surface area contributed by atoms with Crippen LogP contribution in [0, 0.1) is 0 Å². The Morgan fingerprint density at radius 3 is 2.73 bits per heavy atom. The van der Waals surface area contributed by atoms with Crippen LogP contribution in [0.5, 0.6) is 0 Å². The molecule has 2 atom stereocenters. The van der Waals surface area contributed by atoms with Crippen LogP contribution in [0.2, 0.25) is 0 Å². The van der Waals surface area contributed by atoms with Gasteiger partial charge in [0.2, 0.25) is 0 Å². The second-order valence-corrected chi connectivity index (χ2v) is 8.97. The quantitative estimate of drug-likeness (QED) is 0.646. The molecular weight excluding hydrogens is 374 g/mol. The van der Waals surface area contributed by atoms with Crippen LogP contribution in [0.4, 0.5) is 0 Å². The van der Waals surface area contributed by atoms with Gasteiger partial charge in [-0.15, -0.1) is 0 Å². The highest BCUT2D eigenvalue weighted by Crippen LogP contribution is 2.50. The van der Waals surface area contributed by atoms with Crippen molar-refractivity contribution in [3.05, 3.63) is 71.7 Å². The molecule has 1 aliphatic heterocycles. The van der Waals surface area contributed by atoms with Gasteiger partial charge in [0.05, 0.1) is 17.9 Å². The fraction of sp³-hybridized carbons (Fsp3) is 0.320. The number of rotatable bonds is 2. The zero-order valence-electron chi connectivity index (χ0n) is 17.5. The van der Waals surface area contributed by atoms with Crippen molar-refractivity contribution in [3.63, 3.8) is 0 Å². The van der Waals surface area contributed by atoms with Gasteiger partial charge in [-0.2, -0.15) is 0 Å². The highest BCUT2D eigenvalue weighted by Gasteiger charge is 2.42.